The summed E-state index contributed by atoms with van der Waals surface area (Å²) in [5.74, 6) is 0.715. The number of amides is 2. The molecule has 0 spiro atoms. The molecule has 1 aliphatic heterocycles. The van der Waals surface area contributed by atoms with Gasteiger partial charge in [-0.2, -0.15) is 0 Å². The van der Waals surface area contributed by atoms with Crippen molar-refractivity contribution < 1.29 is 9.53 Å². The highest BCUT2D eigenvalue weighted by Crippen LogP contribution is 2.11. The lowest BCUT2D eigenvalue weighted by Gasteiger charge is -2.33. The Hall–Kier alpha value is -0.810. The molecule has 1 rings (SSSR count). The van der Waals surface area contributed by atoms with Crippen LogP contribution in [0.1, 0.15) is 52.9 Å². The Morgan fingerprint density at radius 3 is 2.55 bits per heavy atom. The van der Waals surface area contributed by atoms with Gasteiger partial charge in [-0.25, -0.2) is 4.79 Å². The summed E-state index contributed by atoms with van der Waals surface area (Å²) in [6.45, 7) is 12.3. The van der Waals surface area contributed by atoms with Gasteiger partial charge in [0, 0.05) is 45.4 Å². The number of likely N-dealkylation sites (tertiary alicyclic amines) is 1. The largest absolute Gasteiger partial charge is 0.381 e. The van der Waals surface area contributed by atoms with Crippen molar-refractivity contribution in [1.82, 2.24) is 15.5 Å². The lowest BCUT2D eigenvalue weighted by atomic mass is 10.0. The summed E-state index contributed by atoms with van der Waals surface area (Å²) in [6, 6.07) is 0.292. The van der Waals surface area contributed by atoms with E-state index in [9.17, 15) is 4.79 Å². The number of rotatable bonds is 10. The van der Waals surface area contributed by atoms with Crippen LogP contribution in [0.4, 0.5) is 4.79 Å². The predicted octanol–water partition coefficient (Wildman–Crippen LogP) is 2.61. The molecule has 1 fully saturated rings. The summed E-state index contributed by atoms with van der Waals surface area (Å²) in [4.78, 5) is 14.3. The minimum Gasteiger partial charge on any atom is -0.381 e. The van der Waals surface area contributed by atoms with Crippen LogP contribution < -0.4 is 10.6 Å². The maximum atomic E-state index is 11.8. The molecule has 0 bridgehead atoms. The van der Waals surface area contributed by atoms with Gasteiger partial charge >= 0.3 is 6.03 Å². The van der Waals surface area contributed by atoms with Crippen LogP contribution in [0.25, 0.3) is 0 Å². The molecule has 0 aromatic heterocycles. The van der Waals surface area contributed by atoms with Crippen molar-refractivity contribution >= 4 is 6.03 Å². The Balaban J connectivity index is 1.99. The van der Waals surface area contributed by atoms with Crippen molar-refractivity contribution in [3.8, 4) is 0 Å². The first-order chi connectivity index (χ1) is 10.6. The Morgan fingerprint density at radius 1 is 1.23 bits per heavy atom. The van der Waals surface area contributed by atoms with Crippen LogP contribution >= 0.6 is 0 Å². The van der Waals surface area contributed by atoms with Crippen LogP contribution in [-0.2, 0) is 4.74 Å². The molecule has 2 N–H and O–H groups in total. The molecule has 2 amide bonds. The molecule has 0 unspecified atom stereocenters. The van der Waals surface area contributed by atoms with E-state index in [0.717, 1.165) is 65.0 Å². The third-order valence-electron chi connectivity index (χ3n) is 3.94. The molecule has 5 heteroatoms. The van der Waals surface area contributed by atoms with E-state index in [2.05, 4.69) is 36.3 Å². The number of unbranched alkanes of at least 4 members (excludes halogenated alkanes) is 1. The van der Waals surface area contributed by atoms with E-state index in [0.29, 0.717) is 18.5 Å². The lowest BCUT2D eigenvalue weighted by Crippen LogP contribution is -2.48. The summed E-state index contributed by atoms with van der Waals surface area (Å²) >= 11 is 0. The molecule has 0 aliphatic carbocycles. The van der Waals surface area contributed by atoms with Crippen molar-refractivity contribution in [2.75, 3.05) is 39.4 Å². The maximum absolute atomic E-state index is 11.8. The zero-order chi connectivity index (χ0) is 16.2. The number of ether oxygens (including phenoxy) is 1. The van der Waals surface area contributed by atoms with Crippen LogP contribution in [0.5, 0.6) is 0 Å². The number of urea groups is 1. The number of piperidine rings is 1. The van der Waals surface area contributed by atoms with Gasteiger partial charge in [0.25, 0.3) is 0 Å². The van der Waals surface area contributed by atoms with Gasteiger partial charge in [0.05, 0.1) is 0 Å². The molecular formula is C17H35N3O2. The summed E-state index contributed by atoms with van der Waals surface area (Å²) in [7, 11) is 0. The van der Waals surface area contributed by atoms with Crippen molar-refractivity contribution in [3.05, 3.63) is 0 Å². The molecule has 1 saturated heterocycles. The van der Waals surface area contributed by atoms with Crippen LogP contribution in [0.2, 0.25) is 0 Å². The van der Waals surface area contributed by atoms with Gasteiger partial charge in [-0.15, -0.1) is 0 Å². The first-order valence-corrected chi connectivity index (χ1v) is 8.96. The monoisotopic (exact) mass is 313 g/mol. The normalized spacial score (nSPS) is 16.9. The number of hydrogen-bond donors (Lipinski definition) is 2. The number of hydrogen-bond acceptors (Lipinski definition) is 3. The topological polar surface area (TPSA) is 53.6 Å². The standard InChI is InChI=1S/C17H35N3O2/c1-4-5-12-22-13-6-9-18-17(21)19-16-7-10-20(11-8-16)14-15(2)3/h15-16H,4-14H2,1-3H3,(H2,18,19,21). The average Bonchev–Trinajstić information content (AvgIpc) is 2.48. The van der Waals surface area contributed by atoms with Gasteiger partial charge in [0.2, 0.25) is 0 Å². The minimum absolute atomic E-state index is 0.0316. The van der Waals surface area contributed by atoms with Gasteiger partial charge in [-0.3, -0.25) is 0 Å². The summed E-state index contributed by atoms with van der Waals surface area (Å²) < 4.78 is 5.47. The van der Waals surface area contributed by atoms with E-state index < -0.39 is 0 Å². The predicted molar refractivity (Wildman–Crippen MR) is 91.2 cm³/mol. The van der Waals surface area contributed by atoms with Gasteiger partial charge in [0.15, 0.2) is 0 Å². The van der Waals surface area contributed by atoms with Gasteiger partial charge in [-0.05, 0) is 31.6 Å². The molecule has 130 valence electrons. The van der Waals surface area contributed by atoms with Crippen LogP contribution in [0.3, 0.4) is 0 Å². The van der Waals surface area contributed by atoms with Gasteiger partial charge in [0.1, 0.15) is 0 Å². The highest BCUT2D eigenvalue weighted by molar-refractivity contribution is 5.74. The van der Waals surface area contributed by atoms with Crippen LogP contribution in [0, 0.1) is 5.92 Å². The van der Waals surface area contributed by atoms with E-state index in [1.54, 1.807) is 0 Å². The number of nitrogens with zero attached hydrogens (tertiary/aromatic N) is 1. The molecule has 22 heavy (non-hydrogen) atoms. The number of carbonyl (C=O) groups excluding carboxylic acids is 1. The molecule has 0 aromatic carbocycles. The maximum Gasteiger partial charge on any atom is 0.315 e. The Kier molecular flexibility index (Phi) is 10.2. The third kappa shape index (κ3) is 9.26. The second-order valence-electron chi connectivity index (χ2n) is 6.69. The Labute approximate surface area is 136 Å². The van der Waals surface area contributed by atoms with E-state index in [1.807, 2.05) is 0 Å². The van der Waals surface area contributed by atoms with Crippen LogP contribution in [-0.4, -0.2) is 56.4 Å². The van der Waals surface area contributed by atoms with Gasteiger partial charge in [-0.1, -0.05) is 27.2 Å². The van der Waals surface area contributed by atoms with Crippen molar-refractivity contribution in [1.29, 1.82) is 0 Å². The van der Waals surface area contributed by atoms with Crippen LogP contribution in [0.15, 0.2) is 0 Å². The van der Waals surface area contributed by atoms with E-state index in [-0.39, 0.29) is 6.03 Å². The number of nitrogens with one attached hydrogen (secondary N) is 2. The van der Waals surface area contributed by atoms with Crippen molar-refractivity contribution in [2.45, 2.75) is 58.9 Å². The zero-order valence-corrected chi connectivity index (χ0v) is 14.7. The molecule has 0 radical (unpaired) electrons. The molecule has 0 aromatic rings. The quantitative estimate of drug-likeness (QED) is 0.610. The minimum atomic E-state index is -0.0316. The highest BCUT2D eigenvalue weighted by atomic mass is 16.5. The highest BCUT2D eigenvalue weighted by Gasteiger charge is 2.20. The third-order valence-corrected chi connectivity index (χ3v) is 3.94. The van der Waals surface area contributed by atoms with E-state index in [1.165, 1.54) is 0 Å². The zero-order valence-electron chi connectivity index (χ0n) is 14.7. The van der Waals surface area contributed by atoms with Crippen molar-refractivity contribution in [2.24, 2.45) is 5.92 Å². The molecule has 0 atom stereocenters. The molecule has 5 nitrogen and oxygen atoms in total. The first-order valence-electron chi connectivity index (χ1n) is 8.96. The first kappa shape index (κ1) is 19.2. The smallest absolute Gasteiger partial charge is 0.315 e. The molecule has 0 saturated carbocycles. The van der Waals surface area contributed by atoms with Crippen molar-refractivity contribution in [3.63, 3.8) is 0 Å². The van der Waals surface area contributed by atoms with E-state index >= 15 is 0 Å². The summed E-state index contributed by atoms with van der Waals surface area (Å²) in [5.41, 5.74) is 0. The summed E-state index contributed by atoms with van der Waals surface area (Å²) in [6.07, 6.45) is 5.27. The van der Waals surface area contributed by atoms with E-state index in [4.69, 9.17) is 4.74 Å². The Bertz CT molecular complexity index is 290. The summed E-state index contributed by atoms with van der Waals surface area (Å²) in [5, 5.41) is 6.01. The molecule has 1 aliphatic rings. The second kappa shape index (κ2) is 11.7. The molecule has 1 heterocycles. The molecular weight excluding hydrogens is 278 g/mol. The fourth-order valence-corrected chi connectivity index (χ4v) is 2.74. The van der Waals surface area contributed by atoms with Gasteiger partial charge < -0.3 is 20.3 Å². The number of carbonyl (C=O) groups is 1. The Morgan fingerprint density at radius 2 is 1.91 bits per heavy atom. The average molecular weight is 313 g/mol. The SMILES string of the molecule is CCCCOCCCNC(=O)NC1CCN(CC(C)C)CC1. The second-order valence-corrected chi connectivity index (χ2v) is 6.69. The lowest BCUT2D eigenvalue weighted by molar-refractivity contribution is 0.129. The fourth-order valence-electron chi connectivity index (χ4n) is 2.74. The fraction of sp³-hybridized carbons (Fsp3) is 0.941.